The first-order valence-corrected chi connectivity index (χ1v) is 12.1. The van der Waals surface area contributed by atoms with Gasteiger partial charge in [-0.1, -0.05) is 29.8 Å². The van der Waals surface area contributed by atoms with Crippen LogP contribution in [0.2, 0.25) is 0 Å². The van der Waals surface area contributed by atoms with Crippen LogP contribution < -0.4 is 0 Å². The fourth-order valence-corrected chi connectivity index (χ4v) is 5.25. The summed E-state index contributed by atoms with van der Waals surface area (Å²) in [6.07, 6.45) is 0. The van der Waals surface area contributed by atoms with E-state index in [0.29, 0.717) is 0 Å². The second-order valence-corrected chi connectivity index (χ2v) is 9.94. The number of rotatable bonds is 6. The van der Waals surface area contributed by atoms with E-state index in [9.17, 15) is 27.6 Å². The van der Waals surface area contributed by atoms with E-state index in [1.54, 1.807) is 36.4 Å². The number of hydrogen-bond acceptors (Lipinski definition) is 7. The molecular formula is C23H23N3O7S. The number of benzene rings is 2. The molecule has 0 spiro atoms. The summed E-state index contributed by atoms with van der Waals surface area (Å²) >= 11 is 0. The minimum absolute atomic E-state index is 0.116. The highest BCUT2D eigenvalue weighted by molar-refractivity contribution is 7.89. The fraction of sp³-hybridized carbons (Fsp3) is 0.304. The van der Waals surface area contributed by atoms with E-state index < -0.39 is 46.9 Å². The molecule has 0 aliphatic carbocycles. The zero-order valence-electron chi connectivity index (χ0n) is 18.5. The Labute approximate surface area is 196 Å². The number of carbonyl (C=O) groups excluding carboxylic acids is 4. The van der Waals surface area contributed by atoms with Crippen LogP contribution in [0.4, 0.5) is 0 Å². The SMILES string of the molecule is Cc1ccc(S(=O)(=O)N2CCN(C(=O)COC(=O)CN3C(=O)c4ccccc4C3=O)CC2)cc1. The first kappa shape index (κ1) is 23.6. The molecule has 0 atom stereocenters. The van der Waals surface area contributed by atoms with E-state index in [0.717, 1.165) is 10.5 Å². The van der Waals surface area contributed by atoms with Gasteiger partial charge >= 0.3 is 5.97 Å². The molecule has 2 aliphatic rings. The minimum Gasteiger partial charge on any atom is -0.454 e. The fourth-order valence-electron chi connectivity index (χ4n) is 3.83. The van der Waals surface area contributed by atoms with E-state index >= 15 is 0 Å². The third-order valence-corrected chi connectivity index (χ3v) is 7.69. The second-order valence-electron chi connectivity index (χ2n) is 8.00. The molecule has 4 rings (SSSR count). The molecule has 10 nitrogen and oxygen atoms in total. The predicted molar refractivity (Wildman–Crippen MR) is 119 cm³/mol. The molecule has 2 aromatic rings. The molecular weight excluding hydrogens is 462 g/mol. The second kappa shape index (κ2) is 9.35. The summed E-state index contributed by atoms with van der Waals surface area (Å²) in [5.74, 6) is -2.55. The number of esters is 1. The molecule has 0 N–H and O–H groups in total. The van der Waals surface area contributed by atoms with E-state index in [2.05, 4.69) is 0 Å². The van der Waals surface area contributed by atoms with Gasteiger partial charge in [0.15, 0.2) is 6.61 Å². The van der Waals surface area contributed by atoms with E-state index in [4.69, 9.17) is 4.74 Å². The van der Waals surface area contributed by atoms with Crippen molar-refractivity contribution >= 4 is 33.7 Å². The lowest BCUT2D eigenvalue weighted by Crippen LogP contribution is -2.51. The highest BCUT2D eigenvalue weighted by atomic mass is 32.2. The van der Waals surface area contributed by atoms with Gasteiger partial charge in [0.25, 0.3) is 17.7 Å². The van der Waals surface area contributed by atoms with Crippen LogP contribution in [-0.4, -0.2) is 85.5 Å². The lowest BCUT2D eigenvalue weighted by Gasteiger charge is -2.33. The Morgan fingerprint density at radius 3 is 2.00 bits per heavy atom. The molecule has 0 saturated carbocycles. The van der Waals surface area contributed by atoms with Crippen LogP contribution >= 0.6 is 0 Å². The minimum atomic E-state index is -3.66. The molecule has 2 aliphatic heterocycles. The van der Waals surface area contributed by atoms with Crippen LogP contribution in [0.1, 0.15) is 26.3 Å². The predicted octanol–water partition coefficient (Wildman–Crippen LogP) is 0.667. The van der Waals surface area contributed by atoms with Crippen LogP contribution in [0.3, 0.4) is 0 Å². The number of carbonyl (C=O) groups is 4. The van der Waals surface area contributed by atoms with Crippen LogP contribution in [0.5, 0.6) is 0 Å². The third kappa shape index (κ3) is 4.57. The number of imide groups is 1. The maximum Gasteiger partial charge on any atom is 0.326 e. The monoisotopic (exact) mass is 485 g/mol. The molecule has 0 radical (unpaired) electrons. The highest BCUT2D eigenvalue weighted by Gasteiger charge is 2.37. The van der Waals surface area contributed by atoms with Gasteiger partial charge in [0.05, 0.1) is 16.0 Å². The maximum atomic E-state index is 12.8. The van der Waals surface area contributed by atoms with Gasteiger partial charge in [-0.05, 0) is 31.2 Å². The lowest BCUT2D eigenvalue weighted by atomic mass is 10.1. The zero-order chi connectivity index (χ0) is 24.5. The number of nitrogens with zero attached hydrogens (tertiary/aromatic N) is 3. The molecule has 34 heavy (non-hydrogen) atoms. The Morgan fingerprint density at radius 2 is 1.44 bits per heavy atom. The summed E-state index contributed by atoms with van der Waals surface area (Å²) < 4.78 is 31.9. The van der Waals surface area contributed by atoms with Gasteiger partial charge in [0.1, 0.15) is 6.54 Å². The number of fused-ring (bicyclic) bond motifs is 1. The third-order valence-electron chi connectivity index (χ3n) is 5.77. The lowest BCUT2D eigenvalue weighted by molar-refractivity contribution is -0.152. The van der Waals surface area contributed by atoms with Crippen molar-refractivity contribution in [1.29, 1.82) is 0 Å². The van der Waals surface area contributed by atoms with Crippen LogP contribution in [0.25, 0.3) is 0 Å². The van der Waals surface area contributed by atoms with Crippen molar-refractivity contribution in [3.8, 4) is 0 Å². The first-order chi connectivity index (χ1) is 16.2. The summed E-state index contributed by atoms with van der Waals surface area (Å²) in [5.41, 5.74) is 1.39. The highest BCUT2D eigenvalue weighted by Crippen LogP contribution is 2.22. The van der Waals surface area contributed by atoms with Gasteiger partial charge in [0, 0.05) is 26.2 Å². The molecule has 2 heterocycles. The largest absolute Gasteiger partial charge is 0.454 e. The van der Waals surface area contributed by atoms with Gasteiger partial charge in [-0.25, -0.2) is 8.42 Å². The topological polar surface area (TPSA) is 121 Å². The number of sulfonamides is 1. The van der Waals surface area contributed by atoms with Crippen molar-refractivity contribution in [3.63, 3.8) is 0 Å². The van der Waals surface area contributed by atoms with Gasteiger partial charge < -0.3 is 9.64 Å². The molecule has 0 bridgehead atoms. The zero-order valence-corrected chi connectivity index (χ0v) is 19.3. The van der Waals surface area contributed by atoms with Crippen molar-refractivity contribution in [3.05, 3.63) is 65.2 Å². The number of amides is 3. The molecule has 178 valence electrons. The Morgan fingerprint density at radius 1 is 0.882 bits per heavy atom. The number of piperazine rings is 1. The van der Waals surface area contributed by atoms with Gasteiger partial charge in [-0.3, -0.25) is 24.1 Å². The molecule has 2 aromatic carbocycles. The Bertz CT molecular complexity index is 1210. The summed E-state index contributed by atoms with van der Waals surface area (Å²) in [4.78, 5) is 51.7. The van der Waals surface area contributed by atoms with Crippen molar-refractivity contribution in [2.75, 3.05) is 39.3 Å². The summed E-state index contributed by atoms with van der Waals surface area (Å²) in [6.45, 7) is 1.25. The smallest absolute Gasteiger partial charge is 0.326 e. The van der Waals surface area contributed by atoms with Crippen LogP contribution in [-0.2, 0) is 24.3 Å². The van der Waals surface area contributed by atoms with Crippen molar-refractivity contribution in [2.24, 2.45) is 0 Å². The quantitative estimate of drug-likeness (QED) is 0.435. The average Bonchev–Trinajstić information content (AvgIpc) is 3.08. The standard InChI is InChI=1S/C23H23N3O7S/c1-16-6-8-17(9-7-16)34(31,32)25-12-10-24(11-13-25)20(27)15-33-21(28)14-26-22(29)18-4-2-3-5-19(18)23(26)30/h2-9H,10-15H2,1H3. The normalized spacial score (nSPS) is 16.5. The van der Waals surface area contributed by atoms with Crippen molar-refractivity contribution in [2.45, 2.75) is 11.8 Å². The van der Waals surface area contributed by atoms with E-state index in [1.165, 1.54) is 21.3 Å². The average molecular weight is 486 g/mol. The molecule has 0 unspecified atom stereocenters. The van der Waals surface area contributed by atoms with Gasteiger partial charge in [0.2, 0.25) is 10.0 Å². The number of ether oxygens (including phenoxy) is 1. The van der Waals surface area contributed by atoms with Crippen LogP contribution in [0, 0.1) is 6.92 Å². The van der Waals surface area contributed by atoms with Crippen molar-refractivity contribution in [1.82, 2.24) is 14.1 Å². The summed E-state index contributed by atoms with van der Waals surface area (Å²) in [5, 5.41) is 0. The summed E-state index contributed by atoms with van der Waals surface area (Å²) in [6, 6.07) is 12.8. The molecule has 11 heteroatoms. The van der Waals surface area contributed by atoms with Gasteiger partial charge in [-0.2, -0.15) is 4.31 Å². The molecule has 1 fully saturated rings. The Hall–Kier alpha value is -3.57. The van der Waals surface area contributed by atoms with Crippen LogP contribution in [0.15, 0.2) is 53.4 Å². The van der Waals surface area contributed by atoms with E-state index in [-0.39, 0.29) is 42.2 Å². The number of aryl methyl sites for hydroxylation is 1. The Balaban J connectivity index is 1.26. The van der Waals surface area contributed by atoms with Gasteiger partial charge in [-0.15, -0.1) is 0 Å². The Kier molecular flexibility index (Phi) is 6.49. The van der Waals surface area contributed by atoms with Crippen molar-refractivity contribution < 1.29 is 32.3 Å². The molecule has 1 saturated heterocycles. The first-order valence-electron chi connectivity index (χ1n) is 10.6. The van der Waals surface area contributed by atoms with E-state index in [1.807, 2.05) is 6.92 Å². The summed E-state index contributed by atoms with van der Waals surface area (Å²) in [7, 11) is -3.66. The molecule has 0 aromatic heterocycles. The molecule has 3 amide bonds. The number of hydrogen-bond donors (Lipinski definition) is 0. The maximum absolute atomic E-state index is 12.8.